The number of halogens is 2. The summed E-state index contributed by atoms with van der Waals surface area (Å²) in [6, 6.07) is 10.7. The molecule has 0 unspecified atom stereocenters. The highest BCUT2D eigenvalue weighted by Gasteiger charge is 2.36. The molecule has 8 nitrogen and oxygen atoms in total. The molecule has 5 rings (SSSR count). The van der Waals surface area contributed by atoms with Crippen LogP contribution in [0.25, 0.3) is 37.8 Å². The van der Waals surface area contributed by atoms with Crippen LogP contribution in [-0.2, 0) is 4.74 Å². The molecule has 0 bridgehead atoms. The van der Waals surface area contributed by atoms with Crippen LogP contribution in [0, 0.1) is 12.4 Å². The van der Waals surface area contributed by atoms with E-state index in [9.17, 15) is 4.79 Å². The standard InChI is InChI=1S/C28H26ClFN6O2/c1-28(2,3)38-27(37)36-12-11-35(15-18(36)13-31-4)26-20-14-32-24(23(30)25(20)33-16-34-26)19-9-5-7-17-8-6-10-21(29)22(17)19/h5-10,14,16,18H,11-13,15H2,1-3H3/t18-/m0/s1. The van der Waals surface area contributed by atoms with Crippen LogP contribution >= 0.6 is 11.6 Å². The summed E-state index contributed by atoms with van der Waals surface area (Å²) in [7, 11) is 0. The molecule has 1 amide bonds. The number of ether oxygens (including phenoxy) is 1. The van der Waals surface area contributed by atoms with Crippen molar-refractivity contribution in [3.8, 4) is 11.3 Å². The number of fused-ring (bicyclic) bond motifs is 2. The summed E-state index contributed by atoms with van der Waals surface area (Å²) in [6.45, 7) is 14.0. The molecule has 4 aromatic rings. The van der Waals surface area contributed by atoms with Crippen molar-refractivity contribution in [1.29, 1.82) is 0 Å². The molecule has 10 heteroatoms. The number of aromatic nitrogens is 3. The Morgan fingerprint density at radius 1 is 1.18 bits per heavy atom. The molecule has 0 spiro atoms. The Morgan fingerprint density at radius 2 is 1.95 bits per heavy atom. The molecule has 38 heavy (non-hydrogen) atoms. The van der Waals surface area contributed by atoms with Crippen LogP contribution in [0.15, 0.2) is 48.9 Å². The van der Waals surface area contributed by atoms with Gasteiger partial charge in [0.05, 0.1) is 5.39 Å². The first-order valence-electron chi connectivity index (χ1n) is 12.2. The van der Waals surface area contributed by atoms with Gasteiger partial charge in [-0.05, 0) is 32.2 Å². The van der Waals surface area contributed by atoms with Gasteiger partial charge in [0.25, 0.3) is 0 Å². The van der Waals surface area contributed by atoms with E-state index in [0.29, 0.717) is 41.4 Å². The van der Waals surface area contributed by atoms with Crippen LogP contribution < -0.4 is 4.90 Å². The number of piperazine rings is 1. The predicted molar refractivity (Wildman–Crippen MR) is 146 cm³/mol. The average Bonchev–Trinajstić information content (AvgIpc) is 2.88. The molecule has 1 saturated heterocycles. The van der Waals surface area contributed by atoms with Gasteiger partial charge >= 0.3 is 6.09 Å². The lowest BCUT2D eigenvalue weighted by atomic mass is 10.0. The monoisotopic (exact) mass is 532 g/mol. The summed E-state index contributed by atoms with van der Waals surface area (Å²) in [6.07, 6.45) is 2.44. The van der Waals surface area contributed by atoms with Crippen LogP contribution in [0.1, 0.15) is 20.8 Å². The van der Waals surface area contributed by atoms with Crippen molar-refractivity contribution < 1.29 is 13.9 Å². The van der Waals surface area contributed by atoms with E-state index in [1.165, 1.54) is 6.33 Å². The first-order valence-corrected chi connectivity index (χ1v) is 12.6. The Balaban J connectivity index is 1.51. The van der Waals surface area contributed by atoms with Gasteiger partial charge in [0.1, 0.15) is 35.0 Å². The number of hydrogen-bond acceptors (Lipinski definition) is 6. The smallest absolute Gasteiger partial charge is 0.410 e. The van der Waals surface area contributed by atoms with E-state index >= 15 is 4.39 Å². The van der Waals surface area contributed by atoms with Crippen molar-refractivity contribution in [3.63, 3.8) is 0 Å². The third kappa shape index (κ3) is 4.79. The first kappa shape index (κ1) is 25.6. The summed E-state index contributed by atoms with van der Waals surface area (Å²) >= 11 is 6.48. The summed E-state index contributed by atoms with van der Waals surface area (Å²) in [5, 5.41) is 2.56. The van der Waals surface area contributed by atoms with Crippen molar-refractivity contribution in [3.05, 3.63) is 71.2 Å². The average molecular weight is 533 g/mol. The van der Waals surface area contributed by atoms with Gasteiger partial charge in [0.2, 0.25) is 6.54 Å². The van der Waals surface area contributed by atoms with Crippen molar-refractivity contribution in [2.45, 2.75) is 32.4 Å². The number of rotatable bonds is 3. The molecule has 3 heterocycles. The second kappa shape index (κ2) is 10.0. The quantitative estimate of drug-likeness (QED) is 0.302. The van der Waals surface area contributed by atoms with Crippen LogP contribution in [0.2, 0.25) is 5.02 Å². The molecule has 0 N–H and O–H groups in total. The second-order valence-corrected chi connectivity index (χ2v) is 10.5. The first-order chi connectivity index (χ1) is 18.2. The van der Waals surface area contributed by atoms with Crippen LogP contribution in [-0.4, -0.2) is 63.8 Å². The van der Waals surface area contributed by atoms with Gasteiger partial charge in [-0.3, -0.25) is 9.88 Å². The molecule has 2 aromatic heterocycles. The van der Waals surface area contributed by atoms with Crippen LogP contribution in [0.4, 0.5) is 15.0 Å². The molecule has 2 aromatic carbocycles. The van der Waals surface area contributed by atoms with Crippen LogP contribution in [0.5, 0.6) is 0 Å². The number of hydrogen-bond donors (Lipinski definition) is 0. The fourth-order valence-electron chi connectivity index (χ4n) is 4.78. The highest BCUT2D eigenvalue weighted by atomic mass is 35.5. The zero-order valence-electron chi connectivity index (χ0n) is 21.3. The Kier molecular flexibility index (Phi) is 6.76. The van der Waals surface area contributed by atoms with Gasteiger partial charge in [-0.1, -0.05) is 41.9 Å². The number of benzene rings is 2. The SMILES string of the molecule is [C-]#[N+]C[C@H]1CN(c2ncnc3c(F)c(-c4cccc5cccc(Cl)c45)ncc23)CCN1C(=O)OC(C)(C)C. The van der Waals surface area contributed by atoms with E-state index in [-0.39, 0.29) is 17.8 Å². The Morgan fingerprint density at radius 3 is 2.68 bits per heavy atom. The highest BCUT2D eigenvalue weighted by Crippen LogP contribution is 2.36. The second-order valence-electron chi connectivity index (χ2n) is 10.1. The summed E-state index contributed by atoms with van der Waals surface area (Å²) < 4.78 is 21.5. The third-order valence-electron chi connectivity index (χ3n) is 6.42. The van der Waals surface area contributed by atoms with Gasteiger partial charge in [0, 0.05) is 41.8 Å². The number of anilines is 1. The van der Waals surface area contributed by atoms with Gasteiger partial charge in [0.15, 0.2) is 5.82 Å². The Hall–Kier alpha value is -4.03. The summed E-state index contributed by atoms with van der Waals surface area (Å²) in [5.74, 6) is -0.0635. The van der Waals surface area contributed by atoms with E-state index < -0.39 is 23.6 Å². The molecule has 1 aliphatic rings. The normalized spacial score (nSPS) is 16.1. The summed E-state index contributed by atoms with van der Waals surface area (Å²) in [4.78, 5) is 33.0. The van der Waals surface area contributed by atoms with Crippen LogP contribution in [0.3, 0.4) is 0 Å². The van der Waals surface area contributed by atoms with E-state index in [0.717, 1.165) is 10.8 Å². The van der Waals surface area contributed by atoms with Crippen molar-refractivity contribution in [1.82, 2.24) is 19.9 Å². The largest absolute Gasteiger partial charge is 0.444 e. The third-order valence-corrected chi connectivity index (χ3v) is 6.74. The lowest BCUT2D eigenvalue weighted by Gasteiger charge is -2.40. The van der Waals surface area contributed by atoms with Crippen molar-refractivity contribution in [2.24, 2.45) is 0 Å². The zero-order valence-corrected chi connectivity index (χ0v) is 22.0. The van der Waals surface area contributed by atoms with Gasteiger partial charge in [-0.2, -0.15) is 0 Å². The van der Waals surface area contributed by atoms with Crippen molar-refractivity contribution >= 4 is 45.2 Å². The minimum Gasteiger partial charge on any atom is -0.444 e. The van der Waals surface area contributed by atoms with Gasteiger partial charge in [-0.15, -0.1) is 0 Å². The fraction of sp³-hybridized carbons (Fsp3) is 0.321. The summed E-state index contributed by atoms with van der Waals surface area (Å²) in [5.41, 5.74) is 0.229. The molecule has 1 aliphatic heterocycles. The molecule has 1 atom stereocenters. The molecular formula is C28H26ClFN6O2. The molecule has 0 saturated carbocycles. The predicted octanol–water partition coefficient (Wildman–Crippen LogP) is 5.98. The maximum Gasteiger partial charge on any atom is 0.410 e. The minimum atomic E-state index is -0.644. The number of nitrogens with zero attached hydrogens (tertiary/aromatic N) is 6. The lowest BCUT2D eigenvalue weighted by molar-refractivity contribution is 0.0156. The Bertz CT molecular complexity index is 1580. The zero-order chi connectivity index (χ0) is 27.0. The number of amides is 1. The van der Waals surface area contributed by atoms with E-state index in [2.05, 4.69) is 19.8 Å². The number of carbonyl (C=O) groups is 1. The molecule has 1 fully saturated rings. The molecule has 0 radical (unpaired) electrons. The van der Waals surface area contributed by atoms with E-state index in [4.69, 9.17) is 22.9 Å². The minimum absolute atomic E-state index is 0.108. The maximum absolute atomic E-state index is 16.0. The molecular weight excluding hydrogens is 507 g/mol. The lowest BCUT2D eigenvalue weighted by Crippen LogP contribution is -2.57. The Labute approximate surface area is 224 Å². The highest BCUT2D eigenvalue weighted by molar-refractivity contribution is 6.36. The van der Waals surface area contributed by atoms with E-state index in [1.807, 2.05) is 29.2 Å². The topological polar surface area (TPSA) is 75.8 Å². The maximum atomic E-state index is 16.0. The molecule has 0 aliphatic carbocycles. The number of pyridine rings is 1. The van der Waals surface area contributed by atoms with Crippen molar-refractivity contribution in [2.75, 3.05) is 31.1 Å². The fourth-order valence-corrected chi connectivity index (χ4v) is 5.06. The molecule has 194 valence electrons. The van der Waals surface area contributed by atoms with E-state index in [1.54, 1.807) is 44.0 Å². The van der Waals surface area contributed by atoms with Gasteiger partial charge in [-0.25, -0.2) is 25.7 Å². The van der Waals surface area contributed by atoms with Gasteiger partial charge < -0.3 is 14.5 Å². The number of carbonyl (C=O) groups excluding carboxylic acids is 1.